The fraction of sp³-hybridized carbons (Fsp3) is 0. The minimum atomic E-state index is 0.676. The van der Waals surface area contributed by atoms with Crippen LogP contribution in [0.3, 0.4) is 0 Å². The van der Waals surface area contributed by atoms with Crippen molar-refractivity contribution in [2.75, 3.05) is 0 Å². The molecule has 0 atom stereocenters. The summed E-state index contributed by atoms with van der Waals surface area (Å²) in [6, 6.07) is 81.0. The van der Waals surface area contributed by atoms with Gasteiger partial charge < -0.3 is 0 Å². The van der Waals surface area contributed by atoms with Crippen LogP contribution in [0, 0.1) is 0 Å². The van der Waals surface area contributed by atoms with Crippen molar-refractivity contribution in [3.63, 3.8) is 0 Å². The average Bonchev–Trinajstić information content (AvgIpc) is 3.76. The second kappa shape index (κ2) is 15.5. The minimum absolute atomic E-state index is 0.676. The van der Waals surface area contributed by atoms with Gasteiger partial charge in [0.05, 0.1) is 22.6 Å². The third-order valence-corrected chi connectivity index (χ3v) is 11.4. The minimum Gasteiger partial charge on any atom is -0.231 e. The number of nitrogens with zero attached hydrogens (tertiary/aromatic N) is 4. The van der Waals surface area contributed by atoms with Crippen molar-refractivity contribution in [3.05, 3.63) is 231 Å². The number of pyridine rings is 1. The number of hydrogen-bond acceptors (Lipinski definition) is 3. The van der Waals surface area contributed by atoms with Crippen LogP contribution >= 0.6 is 0 Å². The van der Waals surface area contributed by atoms with E-state index in [1.165, 1.54) is 0 Å². The summed E-state index contributed by atoms with van der Waals surface area (Å²) in [4.78, 5) is 10.6. The standard InChI is InChI=1S/C57H38N4/c1-7-19-39(20-8-1)46-34-47(40-21-9-2-10-22-40)36-49(35-46)52-38-51(58-57(59-52)44-29-17-6-18-30-44)45-31-32-50-48(33-45)37-53(41-23-11-3-12-24-41)61-56(50)54(42-25-13-4-14-26-42)55(60-61)43-27-15-5-16-28-43/h1-38H. The van der Waals surface area contributed by atoms with Crippen LogP contribution in [0.1, 0.15) is 0 Å². The highest BCUT2D eigenvalue weighted by atomic mass is 15.2. The van der Waals surface area contributed by atoms with Crippen molar-refractivity contribution in [1.82, 2.24) is 19.6 Å². The molecule has 11 rings (SSSR count). The van der Waals surface area contributed by atoms with E-state index in [0.717, 1.165) is 100 Å². The molecule has 3 heterocycles. The van der Waals surface area contributed by atoms with Gasteiger partial charge in [0.15, 0.2) is 5.82 Å². The molecule has 0 radical (unpaired) electrons. The number of benzene rings is 8. The summed E-state index contributed by atoms with van der Waals surface area (Å²) < 4.78 is 2.14. The predicted octanol–water partition coefficient (Wildman–Crippen LogP) is 14.6. The second-order valence-electron chi connectivity index (χ2n) is 15.3. The monoisotopic (exact) mass is 778 g/mol. The van der Waals surface area contributed by atoms with Gasteiger partial charge in [-0.05, 0) is 69.6 Å². The molecule has 11 aromatic rings. The lowest BCUT2D eigenvalue weighted by atomic mass is 9.94. The van der Waals surface area contributed by atoms with Crippen LogP contribution in [0.4, 0.5) is 0 Å². The lowest BCUT2D eigenvalue weighted by Crippen LogP contribution is -1.98. The van der Waals surface area contributed by atoms with Crippen LogP contribution in [-0.4, -0.2) is 19.6 Å². The van der Waals surface area contributed by atoms with Crippen molar-refractivity contribution in [1.29, 1.82) is 0 Å². The molecule has 0 bridgehead atoms. The molecule has 3 aromatic heterocycles. The van der Waals surface area contributed by atoms with Crippen molar-refractivity contribution in [3.8, 4) is 89.8 Å². The molecule has 0 saturated carbocycles. The molecule has 4 heteroatoms. The molecule has 0 fully saturated rings. The van der Waals surface area contributed by atoms with Gasteiger partial charge in [0.2, 0.25) is 0 Å². The molecule has 0 N–H and O–H groups in total. The summed E-state index contributed by atoms with van der Waals surface area (Å²) in [5.41, 5.74) is 16.7. The van der Waals surface area contributed by atoms with Gasteiger partial charge in [-0.3, -0.25) is 0 Å². The summed E-state index contributed by atoms with van der Waals surface area (Å²) in [6.07, 6.45) is 0. The van der Waals surface area contributed by atoms with E-state index in [1.807, 2.05) is 18.2 Å². The van der Waals surface area contributed by atoms with Gasteiger partial charge in [0.1, 0.15) is 5.69 Å². The maximum atomic E-state index is 5.41. The quantitative estimate of drug-likeness (QED) is 0.154. The summed E-state index contributed by atoms with van der Waals surface area (Å²) in [7, 11) is 0. The Labute approximate surface area is 354 Å². The summed E-state index contributed by atoms with van der Waals surface area (Å²) in [6.45, 7) is 0. The topological polar surface area (TPSA) is 43.1 Å². The third-order valence-electron chi connectivity index (χ3n) is 11.4. The van der Waals surface area contributed by atoms with Gasteiger partial charge in [-0.25, -0.2) is 14.5 Å². The SMILES string of the molecule is c1ccc(-c2cc(-c3ccccc3)cc(-c3cc(-c4ccc5c(c4)cc(-c4ccccc4)n4nc(-c6ccccc6)c(-c6ccccc6)c54)nc(-c4ccccc4)n3)c2)cc1. The van der Waals surface area contributed by atoms with Gasteiger partial charge in [0.25, 0.3) is 0 Å². The highest BCUT2D eigenvalue weighted by molar-refractivity contribution is 6.09. The van der Waals surface area contributed by atoms with Crippen molar-refractivity contribution in [2.24, 2.45) is 0 Å². The molecule has 0 saturated heterocycles. The Balaban J connectivity index is 1.16. The molecule has 0 aliphatic heterocycles. The molecule has 0 spiro atoms. The van der Waals surface area contributed by atoms with E-state index in [4.69, 9.17) is 15.1 Å². The highest BCUT2D eigenvalue weighted by Gasteiger charge is 2.22. The van der Waals surface area contributed by atoms with Gasteiger partial charge >= 0.3 is 0 Å². The molecule has 0 aliphatic rings. The maximum absolute atomic E-state index is 5.41. The van der Waals surface area contributed by atoms with Gasteiger partial charge in [-0.2, -0.15) is 5.10 Å². The Hall–Kier alpha value is -8.21. The Morgan fingerprint density at radius 1 is 0.311 bits per heavy atom. The van der Waals surface area contributed by atoms with Gasteiger partial charge in [-0.1, -0.05) is 194 Å². The van der Waals surface area contributed by atoms with E-state index < -0.39 is 0 Å². The summed E-state index contributed by atoms with van der Waals surface area (Å²) >= 11 is 0. The van der Waals surface area contributed by atoms with Crippen LogP contribution in [0.15, 0.2) is 231 Å². The van der Waals surface area contributed by atoms with Crippen LogP contribution in [-0.2, 0) is 0 Å². The van der Waals surface area contributed by atoms with Gasteiger partial charge in [0, 0.05) is 38.8 Å². The number of aromatic nitrogens is 4. The highest BCUT2D eigenvalue weighted by Crippen LogP contribution is 2.42. The Morgan fingerprint density at radius 3 is 1.33 bits per heavy atom. The smallest absolute Gasteiger partial charge is 0.160 e. The predicted molar refractivity (Wildman–Crippen MR) is 252 cm³/mol. The molecule has 286 valence electrons. The number of hydrogen-bond donors (Lipinski definition) is 0. The fourth-order valence-corrected chi connectivity index (χ4v) is 8.43. The average molecular weight is 779 g/mol. The molecule has 4 nitrogen and oxygen atoms in total. The first kappa shape index (κ1) is 35.9. The van der Waals surface area contributed by atoms with Crippen molar-refractivity contribution in [2.45, 2.75) is 0 Å². The molecule has 0 amide bonds. The zero-order chi connectivity index (χ0) is 40.5. The lowest BCUT2D eigenvalue weighted by molar-refractivity contribution is 0.979. The molecule has 8 aromatic carbocycles. The molecule has 0 unspecified atom stereocenters. The normalized spacial score (nSPS) is 11.3. The lowest BCUT2D eigenvalue weighted by Gasteiger charge is -2.14. The number of fused-ring (bicyclic) bond motifs is 3. The van der Waals surface area contributed by atoms with E-state index in [0.29, 0.717) is 5.82 Å². The maximum Gasteiger partial charge on any atom is 0.160 e. The zero-order valence-electron chi connectivity index (χ0n) is 33.2. The van der Waals surface area contributed by atoms with Crippen LogP contribution in [0.25, 0.3) is 106 Å². The molecule has 61 heavy (non-hydrogen) atoms. The van der Waals surface area contributed by atoms with E-state index >= 15 is 0 Å². The van der Waals surface area contributed by atoms with E-state index in [1.54, 1.807) is 0 Å². The van der Waals surface area contributed by atoms with Gasteiger partial charge in [-0.15, -0.1) is 0 Å². The third kappa shape index (κ3) is 6.86. The van der Waals surface area contributed by atoms with Crippen LogP contribution < -0.4 is 0 Å². The Morgan fingerprint density at radius 2 is 0.770 bits per heavy atom. The van der Waals surface area contributed by atoms with Crippen molar-refractivity contribution >= 4 is 16.3 Å². The van der Waals surface area contributed by atoms with Crippen LogP contribution in [0.5, 0.6) is 0 Å². The van der Waals surface area contributed by atoms with E-state index in [-0.39, 0.29) is 0 Å². The summed E-state index contributed by atoms with van der Waals surface area (Å²) in [5.74, 6) is 0.676. The first-order valence-corrected chi connectivity index (χ1v) is 20.6. The first-order chi connectivity index (χ1) is 30.2. The molecule has 0 aliphatic carbocycles. The first-order valence-electron chi connectivity index (χ1n) is 20.6. The molecular formula is C57H38N4. The van der Waals surface area contributed by atoms with E-state index in [2.05, 4.69) is 217 Å². The molecular weight excluding hydrogens is 741 g/mol. The Bertz CT molecular complexity index is 3250. The fourth-order valence-electron chi connectivity index (χ4n) is 8.43. The largest absolute Gasteiger partial charge is 0.231 e. The zero-order valence-corrected chi connectivity index (χ0v) is 33.2. The Kier molecular flexibility index (Phi) is 9.14. The number of rotatable bonds is 8. The summed E-state index contributed by atoms with van der Waals surface area (Å²) in [5, 5.41) is 7.62. The second-order valence-corrected chi connectivity index (χ2v) is 15.3. The van der Waals surface area contributed by atoms with E-state index in [9.17, 15) is 0 Å². The van der Waals surface area contributed by atoms with Crippen molar-refractivity contribution < 1.29 is 0 Å². The van der Waals surface area contributed by atoms with Crippen LogP contribution in [0.2, 0.25) is 0 Å².